The van der Waals surface area contributed by atoms with Gasteiger partial charge in [-0.1, -0.05) is 37.6 Å². The van der Waals surface area contributed by atoms with Gasteiger partial charge in [-0.25, -0.2) is 0 Å². The highest BCUT2D eigenvalue weighted by molar-refractivity contribution is 6.33. The third kappa shape index (κ3) is 3.81. The molecule has 1 heterocycles. The maximum Gasteiger partial charge on any atom is 0.249 e. The molecular weight excluding hydrogens is 274 g/mol. The van der Waals surface area contributed by atoms with E-state index in [0.29, 0.717) is 23.3 Å². The molecule has 0 fully saturated rings. The lowest BCUT2D eigenvalue weighted by Crippen LogP contribution is -2.25. The molecule has 0 radical (unpaired) electrons. The Morgan fingerprint density at radius 1 is 1.10 bits per heavy atom. The predicted molar refractivity (Wildman–Crippen MR) is 80.6 cm³/mol. The molecule has 0 amide bonds. The van der Waals surface area contributed by atoms with Crippen LogP contribution in [0.2, 0.25) is 5.02 Å². The van der Waals surface area contributed by atoms with Crippen molar-refractivity contribution in [2.75, 3.05) is 13.1 Å². The zero-order chi connectivity index (χ0) is 14.4. The summed E-state index contributed by atoms with van der Waals surface area (Å²) in [4.78, 5) is 2.32. The van der Waals surface area contributed by atoms with Gasteiger partial charge in [0.25, 0.3) is 0 Å². The monoisotopic (exact) mass is 293 g/mol. The van der Waals surface area contributed by atoms with Crippen LogP contribution in [0.15, 0.2) is 28.7 Å². The fraction of sp³-hybridized carbons (Fsp3) is 0.467. The molecule has 0 N–H and O–H groups in total. The lowest BCUT2D eigenvalue weighted by atomic mass is 10.2. The van der Waals surface area contributed by atoms with E-state index in [9.17, 15) is 0 Å². The lowest BCUT2D eigenvalue weighted by molar-refractivity contribution is 0.240. The molecule has 0 saturated carbocycles. The van der Waals surface area contributed by atoms with Crippen molar-refractivity contribution in [2.45, 2.75) is 33.2 Å². The third-order valence-corrected chi connectivity index (χ3v) is 3.34. The number of rotatable bonds is 7. The van der Waals surface area contributed by atoms with Gasteiger partial charge >= 0.3 is 0 Å². The molecule has 0 aliphatic heterocycles. The fourth-order valence-electron chi connectivity index (χ4n) is 2.15. The molecule has 2 aromatic rings. The molecule has 4 nitrogen and oxygen atoms in total. The van der Waals surface area contributed by atoms with Crippen LogP contribution in [0.4, 0.5) is 0 Å². The fourth-order valence-corrected chi connectivity index (χ4v) is 2.37. The van der Waals surface area contributed by atoms with Crippen LogP contribution >= 0.6 is 11.6 Å². The molecule has 0 saturated heterocycles. The number of hydrogen-bond donors (Lipinski definition) is 0. The molecule has 1 aromatic carbocycles. The maximum atomic E-state index is 6.14. The Balaban J connectivity index is 2.10. The summed E-state index contributed by atoms with van der Waals surface area (Å²) in [6, 6.07) is 7.50. The van der Waals surface area contributed by atoms with E-state index in [1.165, 1.54) is 0 Å². The molecule has 0 spiro atoms. The zero-order valence-corrected chi connectivity index (χ0v) is 12.7. The first kappa shape index (κ1) is 15.0. The summed E-state index contributed by atoms with van der Waals surface area (Å²) < 4.78 is 5.73. The minimum atomic E-state index is 0.485. The summed E-state index contributed by atoms with van der Waals surface area (Å²) in [7, 11) is 0. The third-order valence-electron chi connectivity index (χ3n) is 3.01. The van der Waals surface area contributed by atoms with Gasteiger partial charge in [0.2, 0.25) is 11.8 Å². The highest BCUT2D eigenvalue weighted by atomic mass is 35.5. The second-order valence-corrected chi connectivity index (χ2v) is 5.16. The molecule has 2 rings (SSSR count). The molecule has 0 aliphatic carbocycles. The Bertz CT molecular complexity index is 535. The molecule has 1 aromatic heterocycles. The summed E-state index contributed by atoms with van der Waals surface area (Å²) in [5.74, 6) is 1.13. The number of halogens is 1. The van der Waals surface area contributed by atoms with Crippen LogP contribution in [0, 0.1) is 0 Å². The van der Waals surface area contributed by atoms with Crippen molar-refractivity contribution in [1.29, 1.82) is 0 Å². The van der Waals surface area contributed by atoms with Gasteiger partial charge in [0.1, 0.15) is 0 Å². The van der Waals surface area contributed by atoms with E-state index >= 15 is 0 Å². The minimum Gasteiger partial charge on any atom is -0.419 e. The summed E-state index contributed by atoms with van der Waals surface area (Å²) in [5.41, 5.74) is 0.783. The topological polar surface area (TPSA) is 42.2 Å². The van der Waals surface area contributed by atoms with Gasteiger partial charge in [0, 0.05) is 0 Å². The van der Waals surface area contributed by atoms with E-state index in [0.717, 1.165) is 31.5 Å². The van der Waals surface area contributed by atoms with Gasteiger partial charge in [-0.05, 0) is 38.1 Å². The van der Waals surface area contributed by atoms with Crippen LogP contribution in [0.1, 0.15) is 32.6 Å². The van der Waals surface area contributed by atoms with Crippen molar-refractivity contribution >= 4 is 11.6 Å². The van der Waals surface area contributed by atoms with E-state index < -0.39 is 0 Å². The Hall–Kier alpha value is -1.39. The first-order chi connectivity index (χ1) is 9.74. The smallest absolute Gasteiger partial charge is 0.249 e. The largest absolute Gasteiger partial charge is 0.419 e. The number of aromatic nitrogens is 2. The highest BCUT2D eigenvalue weighted by Gasteiger charge is 2.13. The lowest BCUT2D eigenvalue weighted by Gasteiger charge is -2.18. The minimum absolute atomic E-state index is 0.485. The summed E-state index contributed by atoms with van der Waals surface area (Å²) in [6.07, 6.45) is 2.23. The quantitative estimate of drug-likeness (QED) is 0.773. The van der Waals surface area contributed by atoms with Gasteiger partial charge < -0.3 is 4.42 Å². The number of benzene rings is 1. The van der Waals surface area contributed by atoms with Crippen LogP contribution in [0.5, 0.6) is 0 Å². The predicted octanol–water partition coefficient (Wildman–Crippen LogP) is 4.01. The van der Waals surface area contributed by atoms with Crippen molar-refractivity contribution in [2.24, 2.45) is 0 Å². The molecule has 0 aliphatic rings. The van der Waals surface area contributed by atoms with Gasteiger partial charge in [-0.3, -0.25) is 4.90 Å². The first-order valence-corrected chi connectivity index (χ1v) is 7.42. The number of nitrogens with zero attached hydrogens (tertiary/aromatic N) is 3. The maximum absolute atomic E-state index is 6.14. The van der Waals surface area contributed by atoms with Crippen molar-refractivity contribution in [1.82, 2.24) is 15.1 Å². The van der Waals surface area contributed by atoms with Crippen molar-refractivity contribution in [3.63, 3.8) is 0 Å². The van der Waals surface area contributed by atoms with Crippen molar-refractivity contribution in [3.8, 4) is 11.5 Å². The number of hydrogen-bond acceptors (Lipinski definition) is 4. The van der Waals surface area contributed by atoms with Crippen LogP contribution < -0.4 is 0 Å². The summed E-state index contributed by atoms with van der Waals surface area (Å²) in [5, 5.41) is 8.84. The Kier molecular flexibility index (Phi) is 5.56. The average Bonchev–Trinajstić information content (AvgIpc) is 2.88. The Morgan fingerprint density at radius 3 is 2.45 bits per heavy atom. The Morgan fingerprint density at radius 2 is 1.80 bits per heavy atom. The van der Waals surface area contributed by atoms with E-state index in [1.807, 2.05) is 24.3 Å². The van der Waals surface area contributed by atoms with Crippen LogP contribution in [-0.4, -0.2) is 28.2 Å². The van der Waals surface area contributed by atoms with Gasteiger partial charge in [-0.15, -0.1) is 10.2 Å². The molecule has 108 valence electrons. The molecular formula is C15H20ClN3O. The molecule has 0 unspecified atom stereocenters. The Labute approximate surface area is 124 Å². The van der Waals surface area contributed by atoms with E-state index in [4.69, 9.17) is 16.0 Å². The first-order valence-electron chi connectivity index (χ1n) is 7.04. The van der Waals surface area contributed by atoms with Crippen LogP contribution in [0.25, 0.3) is 11.5 Å². The van der Waals surface area contributed by atoms with Gasteiger partial charge in [0.15, 0.2) is 0 Å². The van der Waals surface area contributed by atoms with Crippen LogP contribution in [-0.2, 0) is 6.54 Å². The second-order valence-electron chi connectivity index (χ2n) is 4.76. The van der Waals surface area contributed by atoms with Gasteiger partial charge in [0.05, 0.1) is 17.1 Å². The van der Waals surface area contributed by atoms with E-state index in [2.05, 4.69) is 28.9 Å². The second kappa shape index (κ2) is 7.41. The molecule has 0 atom stereocenters. The van der Waals surface area contributed by atoms with Crippen LogP contribution in [0.3, 0.4) is 0 Å². The highest BCUT2D eigenvalue weighted by Crippen LogP contribution is 2.26. The summed E-state index contributed by atoms with van der Waals surface area (Å²) in [6.45, 7) is 7.12. The molecule has 5 heteroatoms. The van der Waals surface area contributed by atoms with Crippen molar-refractivity contribution in [3.05, 3.63) is 35.2 Å². The molecule has 20 heavy (non-hydrogen) atoms. The van der Waals surface area contributed by atoms with Gasteiger partial charge in [-0.2, -0.15) is 0 Å². The van der Waals surface area contributed by atoms with Crippen molar-refractivity contribution < 1.29 is 4.42 Å². The average molecular weight is 294 g/mol. The SMILES string of the molecule is CCCN(CCC)Cc1nnc(-c2ccccc2Cl)o1. The standard InChI is InChI=1S/C15H20ClN3O/c1-3-9-19(10-4-2)11-14-17-18-15(20-14)12-7-5-6-8-13(12)16/h5-8H,3-4,9-11H2,1-2H3. The normalized spacial score (nSPS) is 11.2. The zero-order valence-electron chi connectivity index (χ0n) is 12.0. The molecule has 0 bridgehead atoms. The van der Waals surface area contributed by atoms with E-state index in [1.54, 1.807) is 0 Å². The van der Waals surface area contributed by atoms with E-state index in [-0.39, 0.29) is 0 Å². The summed E-state index contributed by atoms with van der Waals surface area (Å²) >= 11 is 6.14.